The van der Waals surface area contributed by atoms with Crippen LogP contribution in [0, 0.1) is 17.0 Å². The molecule has 3 aromatic carbocycles. The molecule has 196 valence electrons. The first-order valence-electron chi connectivity index (χ1n) is 12.7. The van der Waals surface area contributed by atoms with Gasteiger partial charge in [0.05, 0.1) is 5.41 Å². The molecule has 4 aromatic rings. The largest absolute Gasteiger partial charge is 0.481 e. The quantitative estimate of drug-likeness (QED) is 0.301. The van der Waals surface area contributed by atoms with Gasteiger partial charge in [-0.2, -0.15) is 5.10 Å². The Labute approximate surface area is 220 Å². The van der Waals surface area contributed by atoms with Crippen LogP contribution in [0.1, 0.15) is 37.0 Å². The first kappa shape index (κ1) is 25.7. The molecule has 8 heteroatoms. The molecule has 0 radical (unpaired) electrons. The summed E-state index contributed by atoms with van der Waals surface area (Å²) in [4.78, 5) is 15.7. The summed E-state index contributed by atoms with van der Waals surface area (Å²) in [6.07, 6.45) is 3.67. The monoisotopic (exact) mass is 516 g/mol. The maximum absolute atomic E-state index is 15.0. The van der Waals surface area contributed by atoms with E-state index in [0.717, 1.165) is 12.8 Å². The molecular formula is C30H30F2N4O2. The number of aliphatic carboxylic acids is 1. The van der Waals surface area contributed by atoms with Crippen molar-refractivity contribution in [3.8, 4) is 22.5 Å². The van der Waals surface area contributed by atoms with Gasteiger partial charge in [0.15, 0.2) is 5.82 Å². The smallest absolute Gasteiger partial charge is 0.309 e. The lowest BCUT2D eigenvalue weighted by atomic mass is 9.90. The van der Waals surface area contributed by atoms with Gasteiger partial charge in [-0.3, -0.25) is 9.48 Å². The molecule has 0 saturated heterocycles. The van der Waals surface area contributed by atoms with Crippen molar-refractivity contribution in [1.29, 1.82) is 0 Å². The van der Waals surface area contributed by atoms with E-state index in [0.29, 0.717) is 35.5 Å². The SMILES string of the molecule is CC(C)(CCn1cnc(-c2cccc(-c3cc(F)c(CNC4Cc5ccccc5C4)c(F)c3)c2)n1)C(=O)O. The van der Waals surface area contributed by atoms with E-state index in [1.807, 2.05) is 18.2 Å². The summed E-state index contributed by atoms with van der Waals surface area (Å²) in [7, 11) is 0. The van der Waals surface area contributed by atoms with Gasteiger partial charge in [-0.15, -0.1) is 0 Å². The zero-order chi connectivity index (χ0) is 26.9. The number of carboxylic acid groups (broad SMARTS) is 1. The van der Waals surface area contributed by atoms with Gasteiger partial charge in [0.25, 0.3) is 0 Å². The lowest BCUT2D eigenvalue weighted by Gasteiger charge is -2.18. The molecule has 1 aliphatic carbocycles. The number of benzene rings is 3. The zero-order valence-electron chi connectivity index (χ0n) is 21.4. The number of aromatic nitrogens is 3. The van der Waals surface area contributed by atoms with E-state index < -0.39 is 23.0 Å². The number of carboxylic acids is 1. The van der Waals surface area contributed by atoms with Gasteiger partial charge < -0.3 is 10.4 Å². The third-order valence-electron chi connectivity index (χ3n) is 7.30. The van der Waals surface area contributed by atoms with Crippen LogP contribution in [0.15, 0.2) is 67.0 Å². The van der Waals surface area contributed by atoms with Crippen LogP contribution in [0.2, 0.25) is 0 Å². The maximum atomic E-state index is 15.0. The van der Waals surface area contributed by atoms with Crippen molar-refractivity contribution in [3.05, 3.63) is 95.3 Å². The number of hydrogen-bond acceptors (Lipinski definition) is 4. The van der Waals surface area contributed by atoms with Gasteiger partial charge in [-0.05, 0) is 73.6 Å². The molecule has 0 amide bonds. The lowest BCUT2D eigenvalue weighted by molar-refractivity contribution is -0.147. The summed E-state index contributed by atoms with van der Waals surface area (Å²) in [6.45, 7) is 3.87. The van der Waals surface area contributed by atoms with E-state index in [1.54, 1.807) is 43.1 Å². The average molecular weight is 517 g/mol. The van der Waals surface area contributed by atoms with Crippen molar-refractivity contribution in [2.45, 2.75) is 52.2 Å². The maximum Gasteiger partial charge on any atom is 0.309 e. The minimum absolute atomic E-state index is 0.0329. The normalized spacial score (nSPS) is 13.6. The number of carbonyl (C=O) groups is 1. The van der Waals surface area contributed by atoms with E-state index in [2.05, 4.69) is 27.5 Å². The van der Waals surface area contributed by atoms with Crippen molar-refractivity contribution in [3.63, 3.8) is 0 Å². The van der Waals surface area contributed by atoms with Crippen LogP contribution in [-0.4, -0.2) is 31.9 Å². The fourth-order valence-corrected chi connectivity index (χ4v) is 4.76. The first-order valence-corrected chi connectivity index (χ1v) is 12.7. The molecule has 6 nitrogen and oxygen atoms in total. The third kappa shape index (κ3) is 5.50. The van der Waals surface area contributed by atoms with E-state index in [-0.39, 0.29) is 18.2 Å². The van der Waals surface area contributed by atoms with E-state index >= 15 is 8.78 Å². The minimum atomic E-state index is -0.871. The average Bonchev–Trinajstić information content (AvgIpc) is 3.54. The number of nitrogens with zero attached hydrogens (tertiary/aromatic N) is 3. The summed E-state index contributed by atoms with van der Waals surface area (Å²) < 4.78 is 31.7. The molecule has 1 aliphatic rings. The Kier molecular flexibility index (Phi) is 7.08. The predicted molar refractivity (Wildman–Crippen MR) is 141 cm³/mol. The van der Waals surface area contributed by atoms with Crippen LogP contribution < -0.4 is 5.32 Å². The molecule has 0 unspecified atom stereocenters. The van der Waals surface area contributed by atoms with E-state index in [1.165, 1.54) is 23.3 Å². The molecule has 1 heterocycles. The Bertz CT molecular complexity index is 1430. The minimum Gasteiger partial charge on any atom is -0.481 e. The highest BCUT2D eigenvalue weighted by molar-refractivity contribution is 5.73. The molecule has 0 spiro atoms. The van der Waals surface area contributed by atoms with Gasteiger partial charge >= 0.3 is 5.97 Å². The highest BCUT2D eigenvalue weighted by Crippen LogP contribution is 2.29. The summed E-state index contributed by atoms with van der Waals surface area (Å²) in [5.74, 6) is -1.58. The molecular weight excluding hydrogens is 486 g/mol. The van der Waals surface area contributed by atoms with Gasteiger partial charge in [0, 0.05) is 30.3 Å². The fourth-order valence-electron chi connectivity index (χ4n) is 4.76. The Morgan fingerprint density at radius 1 is 1.00 bits per heavy atom. The topological polar surface area (TPSA) is 80.0 Å². The second kappa shape index (κ2) is 10.5. The number of halogens is 2. The Morgan fingerprint density at radius 2 is 1.66 bits per heavy atom. The molecule has 0 atom stereocenters. The van der Waals surface area contributed by atoms with Crippen molar-refractivity contribution >= 4 is 5.97 Å². The zero-order valence-corrected chi connectivity index (χ0v) is 21.4. The number of hydrogen-bond donors (Lipinski definition) is 2. The molecule has 2 N–H and O–H groups in total. The molecule has 38 heavy (non-hydrogen) atoms. The number of rotatable bonds is 9. The highest BCUT2D eigenvalue weighted by Gasteiger charge is 2.27. The standard InChI is InChI=1S/C30H30F2N4O2/c1-30(2,29(37)38)10-11-36-18-34-28(35-36)22-9-5-8-19(12-22)23-15-26(31)25(27(32)16-23)17-33-24-13-20-6-3-4-7-21(20)14-24/h3-9,12,15-16,18,24,33H,10-11,13-14,17H2,1-2H3,(H,37,38). The molecule has 0 aliphatic heterocycles. The second-order valence-corrected chi connectivity index (χ2v) is 10.5. The first-order chi connectivity index (χ1) is 18.2. The van der Waals surface area contributed by atoms with Crippen LogP contribution in [0.4, 0.5) is 8.78 Å². The van der Waals surface area contributed by atoms with Crippen LogP contribution in [0.3, 0.4) is 0 Å². The Balaban J connectivity index is 1.28. The van der Waals surface area contributed by atoms with Gasteiger partial charge in [0.1, 0.15) is 18.0 Å². The number of fused-ring (bicyclic) bond motifs is 1. The molecule has 1 aromatic heterocycles. The second-order valence-electron chi connectivity index (χ2n) is 10.5. The van der Waals surface area contributed by atoms with Crippen LogP contribution in [0.5, 0.6) is 0 Å². The predicted octanol–water partition coefficient (Wildman–Crippen LogP) is 5.65. The third-order valence-corrected chi connectivity index (χ3v) is 7.30. The molecule has 5 rings (SSSR count). The Hall–Kier alpha value is -3.91. The van der Waals surface area contributed by atoms with Crippen LogP contribution in [-0.2, 0) is 30.7 Å². The lowest BCUT2D eigenvalue weighted by Crippen LogP contribution is -2.29. The Morgan fingerprint density at radius 3 is 2.32 bits per heavy atom. The van der Waals surface area contributed by atoms with Crippen LogP contribution >= 0.6 is 0 Å². The molecule has 0 bridgehead atoms. The number of nitrogens with one attached hydrogen (secondary N) is 1. The van der Waals surface area contributed by atoms with Crippen molar-refractivity contribution in [1.82, 2.24) is 20.1 Å². The van der Waals surface area contributed by atoms with Crippen LogP contribution in [0.25, 0.3) is 22.5 Å². The molecule has 0 fully saturated rings. The van der Waals surface area contributed by atoms with Gasteiger partial charge in [-0.25, -0.2) is 13.8 Å². The summed E-state index contributed by atoms with van der Waals surface area (Å²) in [5.41, 5.74) is 3.51. The van der Waals surface area contributed by atoms with Crippen molar-refractivity contribution in [2.75, 3.05) is 0 Å². The van der Waals surface area contributed by atoms with E-state index in [9.17, 15) is 9.90 Å². The molecule has 0 saturated carbocycles. The fraction of sp³-hybridized carbons (Fsp3) is 0.300. The van der Waals surface area contributed by atoms with Gasteiger partial charge in [-0.1, -0.05) is 42.5 Å². The highest BCUT2D eigenvalue weighted by atomic mass is 19.1. The number of aryl methyl sites for hydroxylation is 1. The van der Waals surface area contributed by atoms with Gasteiger partial charge in [0.2, 0.25) is 0 Å². The summed E-state index contributed by atoms with van der Waals surface area (Å²) >= 11 is 0. The summed E-state index contributed by atoms with van der Waals surface area (Å²) in [6, 6.07) is 18.3. The summed E-state index contributed by atoms with van der Waals surface area (Å²) in [5, 5.41) is 17.1. The van der Waals surface area contributed by atoms with Crippen molar-refractivity contribution in [2.24, 2.45) is 5.41 Å². The van der Waals surface area contributed by atoms with Crippen molar-refractivity contribution < 1.29 is 18.7 Å². The van der Waals surface area contributed by atoms with E-state index in [4.69, 9.17) is 0 Å².